The molecule has 29 heavy (non-hydrogen) atoms. The van der Waals surface area contributed by atoms with Crippen LogP contribution in [0.25, 0.3) is 0 Å². The smallest absolute Gasteiger partial charge is 0.272 e. The third-order valence-corrected chi connectivity index (χ3v) is 5.35. The Morgan fingerprint density at radius 3 is 2.59 bits per heavy atom. The quantitative estimate of drug-likeness (QED) is 0.665. The highest BCUT2D eigenvalue weighted by atomic mass is 16.2. The van der Waals surface area contributed by atoms with Crippen molar-refractivity contribution in [2.75, 3.05) is 18.0 Å². The van der Waals surface area contributed by atoms with Crippen LogP contribution < -0.4 is 4.90 Å². The molecule has 0 fully saturated rings. The lowest BCUT2D eigenvalue weighted by Gasteiger charge is -2.29. The second-order valence-corrected chi connectivity index (χ2v) is 7.52. The monoisotopic (exact) mass is 386 g/mol. The number of carbonyl (C=O) groups excluding carboxylic acids is 1. The van der Waals surface area contributed by atoms with Crippen LogP contribution in [0.15, 0.2) is 54.6 Å². The van der Waals surface area contributed by atoms with Crippen LogP contribution in [-0.4, -0.2) is 33.9 Å². The first-order valence-electron chi connectivity index (χ1n) is 10.1. The zero-order valence-corrected chi connectivity index (χ0v) is 17.2. The summed E-state index contributed by atoms with van der Waals surface area (Å²) in [5.41, 5.74) is 6.00. The third kappa shape index (κ3) is 3.99. The van der Waals surface area contributed by atoms with E-state index in [9.17, 15) is 4.79 Å². The van der Waals surface area contributed by atoms with E-state index in [1.807, 2.05) is 34.9 Å². The van der Waals surface area contributed by atoms with Gasteiger partial charge in [0.1, 0.15) is 5.69 Å². The molecule has 2 heterocycles. The molecule has 0 aliphatic carbocycles. The van der Waals surface area contributed by atoms with Gasteiger partial charge in [-0.2, -0.15) is 0 Å². The molecule has 0 saturated carbocycles. The molecule has 0 spiro atoms. The molecule has 4 rings (SSSR count). The van der Waals surface area contributed by atoms with E-state index in [0.717, 1.165) is 24.3 Å². The zero-order chi connectivity index (χ0) is 20.4. The number of aryl methyl sites for hydroxylation is 2. The van der Waals surface area contributed by atoms with E-state index in [1.54, 1.807) is 6.07 Å². The molecule has 1 amide bonds. The maximum absolute atomic E-state index is 13.2. The van der Waals surface area contributed by atoms with Gasteiger partial charge in [0.25, 0.3) is 5.91 Å². The molecule has 1 aliphatic heterocycles. The fourth-order valence-corrected chi connectivity index (χ4v) is 3.85. The predicted octanol–water partition coefficient (Wildman–Crippen LogP) is 4.45. The van der Waals surface area contributed by atoms with Crippen LogP contribution in [0.3, 0.4) is 0 Å². The molecule has 0 radical (unpaired) electrons. The molecule has 148 valence electrons. The second kappa shape index (κ2) is 8.03. The molecule has 5 nitrogen and oxygen atoms in total. The average molecular weight is 386 g/mol. The van der Waals surface area contributed by atoms with Crippen molar-refractivity contribution in [1.29, 1.82) is 0 Å². The third-order valence-electron chi connectivity index (χ3n) is 5.35. The number of anilines is 2. The van der Waals surface area contributed by atoms with Crippen molar-refractivity contribution in [3.05, 3.63) is 82.7 Å². The Labute approximate surface area is 172 Å². The molecular weight excluding hydrogens is 360 g/mol. The Kier molecular flexibility index (Phi) is 5.30. The van der Waals surface area contributed by atoms with Gasteiger partial charge < -0.3 is 9.80 Å². The van der Waals surface area contributed by atoms with E-state index in [1.165, 1.54) is 16.7 Å². The van der Waals surface area contributed by atoms with Crippen molar-refractivity contribution in [1.82, 2.24) is 14.9 Å². The number of amides is 1. The first-order valence-corrected chi connectivity index (χ1v) is 10.1. The number of benzene rings is 2. The number of nitrogens with zero attached hydrogens (tertiary/aromatic N) is 4. The van der Waals surface area contributed by atoms with Gasteiger partial charge in [-0.25, -0.2) is 9.97 Å². The molecule has 0 N–H and O–H groups in total. The van der Waals surface area contributed by atoms with Gasteiger partial charge in [0, 0.05) is 31.0 Å². The summed E-state index contributed by atoms with van der Waals surface area (Å²) in [5, 5.41) is 0. The Bertz CT molecular complexity index is 1050. The van der Waals surface area contributed by atoms with Gasteiger partial charge in [-0.05, 0) is 62.1 Å². The summed E-state index contributed by atoms with van der Waals surface area (Å²) in [6, 6.07) is 18.4. The SMILES string of the molecule is CCN(c1cccc(C)c1)c1nc(C)cc(C(=O)N2CCc3ccccc3C2)n1. The zero-order valence-electron chi connectivity index (χ0n) is 17.2. The molecule has 0 bridgehead atoms. The summed E-state index contributed by atoms with van der Waals surface area (Å²) in [5.74, 6) is 0.533. The van der Waals surface area contributed by atoms with Crippen LogP contribution in [0.1, 0.15) is 39.8 Å². The maximum Gasteiger partial charge on any atom is 0.272 e. The van der Waals surface area contributed by atoms with Gasteiger partial charge in [0.15, 0.2) is 0 Å². The van der Waals surface area contributed by atoms with Crippen molar-refractivity contribution < 1.29 is 4.79 Å². The minimum Gasteiger partial charge on any atom is -0.333 e. The first kappa shape index (κ1) is 19.1. The van der Waals surface area contributed by atoms with E-state index < -0.39 is 0 Å². The lowest BCUT2D eigenvalue weighted by Crippen LogP contribution is -2.36. The van der Waals surface area contributed by atoms with Crippen LogP contribution in [0.2, 0.25) is 0 Å². The number of hydrogen-bond acceptors (Lipinski definition) is 4. The predicted molar refractivity (Wildman–Crippen MR) is 116 cm³/mol. The standard InChI is InChI=1S/C24H26N4O/c1-4-28(21-11-7-8-17(2)14-21)24-25-18(3)15-22(26-24)23(29)27-13-12-19-9-5-6-10-20(19)16-27/h5-11,14-15H,4,12-13,16H2,1-3H3. The highest BCUT2D eigenvalue weighted by Crippen LogP contribution is 2.25. The number of fused-ring (bicyclic) bond motifs is 1. The minimum absolute atomic E-state index is 0.0356. The van der Waals surface area contributed by atoms with Gasteiger partial charge in [-0.15, -0.1) is 0 Å². The lowest BCUT2D eigenvalue weighted by atomic mass is 10.00. The van der Waals surface area contributed by atoms with Crippen molar-refractivity contribution in [2.24, 2.45) is 0 Å². The molecule has 1 aromatic heterocycles. The molecule has 0 atom stereocenters. The summed E-state index contributed by atoms with van der Waals surface area (Å²) < 4.78 is 0. The van der Waals surface area contributed by atoms with Crippen LogP contribution >= 0.6 is 0 Å². The summed E-state index contributed by atoms with van der Waals surface area (Å²) >= 11 is 0. The van der Waals surface area contributed by atoms with E-state index in [4.69, 9.17) is 0 Å². The summed E-state index contributed by atoms with van der Waals surface area (Å²) in [6.07, 6.45) is 0.878. The molecular formula is C24H26N4O. The Morgan fingerprint density at radius 1 is 1.03 bits per heavy atom. The lowest BCUT2D eigenvalue weighted by molar-refractivity contribution is 0.0728. The van der Waals surface area contributed by atoms with Crippen LogP contribution in [-0.2, 0) is 13.0 Å². The van der Waals surface area contributed by atoms with Gasteiger partial charge in [-0.3, -0.25) is 4.79 Å². The van der Waals surface area contributed by atoms with E-state index in [2.05, 4.69) is 54.1 Å². The maximum atomic E-state index is 13.2. The Balaban J connectivity index is 1.64. The topological polar surface area (TPSA) is 49.3 Å². The number of hydrogen-bond donors (Lipinski definition) is 0. The van der Waals surface area contributed by atoms with E-state index in [0.29, 0.717) is 24.7 Å². The molecule has 1 aliphatic rings. The van der Waals surface area contributed by atoms with Gasteiger partial charge in [0.2, 0.25) is 5.95 Å². The average Bonchev–Trinajstić information content (AvgIpc) is 2.73. The van der Waals surface area contributed by atoms with Crippen LogP contribution in [0.4, 0.5) is 11.6 Å². The minimum atomic E-state index is -0.0356. The first-order chi connectivity index (χ1) is 14.0. The molecule has 2 aromatic carbocycles. The summed E-state index contributed by atoms with van der Waals surface area (Å²) in [7, 11) is 0. The second-order valence-electron chi connectivity index (χ2n) is 7.52. The largest absolute Gasteiger partial charge is 0.333 e. The summed E-state index contributed by atoms with van der Waals surface area (Å²) in [6.45, 7) is 8.11. The summed E-state index contributed by atoms with van der Waals surface area (Å²) in [4.78, 5) is 26.4. The number of rotatable bonds is 4. The highest BCUT2D eigenvalue weighted by molar-refractivity contribution is 5.93. The normalized spacial score (nSPS) is 13.1. The van der Waals surface area contributed by atoms with Gasteiger partial charge >= 0.3 is 0 Å². The fourth-order valence-electron chi connectivity index (χ4n) is 3.85. The highest BCUT2D eigenvalue weighted by Gasteiger charge is 2.24. The van der Waals surface area contributed by atoms with Crippen molar-refractivity contribution >= 4 is 17.5 Å². The van der Waals surface area contributed by atoms with E-state index >= 15 is 0 Å². The fraction of sp³-hybridized carbons (Fsp3) is 0.292. The molecule has 0 saturated heterocycles. The van der Waals surface area contributed by atoms with Gasteiger partial charge in [0.05, 0.1) is 0 Å². The van der Waals surface area contributed by atoms with E-state index in [-0.39, 0.29) is 5.91 Å². The van der Waals surface area contributed by atoms with Crippen LogP contribution in [0.5, 0.6) is 0 Å². The number of carbonyl (C=O) groups is 1. The Hall–Kier alpha value is -3.21. The van der Waals surface area contributed by atoms with Crippen LogP contribution in [0, 0.1) is 13.8 Å². The van der Waals surface area contributed by atoms with Crippen molar-refractivity contribution in [3.63, 3.8) is 0 Å². The van der Waals surface area contributed by atoms with Gasteiger partial charge in [-0.1, -0.05) is 36.4 Å². The number of aromatic nitrogens is 2. The van der Waals surface area contributed by atoms with Crippen molar-refractivity contribution in [3.8, 4) is 0 Å². The molecule has 0 unspecified atom stereocenters. The molecule has 5 heteroatoms. The van der Waals surface area contributed by atoms with Crippen molar-refractivity contribution in [2.45, 2.75) is 33.7 Å². The Morgan fingerprint density at radius 2 is 1.83 bits per heavy atom. The molecule has 3 aromatic rings.